The molecule has 14 heavy (non-hydrogen) atoms. The van der Waals surface area contributed by atoms with Crippen LogP contribution in [0.25, 0.3) is 11.1 Å². The Labute approximate surface area is 86.9 Å². The van der Waals surface area contributed by atoms with Gasteiger partial charge >= 0.3 is 0 Å². The van der Waals surface area contributed by atoms with E-state index in [1.54, 1.807) is 6.07 Å². The molecule has 0 radical (unpaired) electrons. The number of benzene rings is 1. The lowest BCUT2D eigenvalue weighted by Gasteiger charge is -2.00. The van der Waals surface area contributed by atoms with Crippen molar-refractivity contribution in [3.63, 3.8) is 0 Å². The number of aromatic nitrogens is 1. The van der Waals surface area contributed by atoms with Crippen LogP contribution in [0.4, 0.5) is 0 Å². The third kappa shape index (κ3) is 1.61. The summed E-state index contributed by atoms with van der Waals surface area (Å²) in [7, 11) is 0. The largest absolute Gasteiger partial charge is 0.441 e. The first-order valence-corrected chi connectivity index (χ1v) is 4.84. The molecule has 0 saturated carbocycles. The minimum atomic E-state index is 0.585. The summed E-state index contributed by atoms with van der Waals surface area (Å²) < 4.78 is 5.36. The number of hydrogen-bond donors (Lipinski definition) is 1. The van der Waals surface area contributed by atoms with E-state index in [0.717, 1.165) is 23.1 Å². The maximum absolute atomic E-state index is 6.05. The Bertz CT molecular complexity index is 464. The summed E-state index contributed by atoms with van der Waals surface area (Å²) in [5, 5.41) is 0.694. The van der Waals surface area contributed by atoms with Crippen LogP contribution < -0.4 is 5.73 Å². The summed E-state index contributed by atoms with van der Waals surface area (Å²) in [6, 6.07) is 3.73. The van der Waals surface area contributed by atoms with Gasteiger partial charge in [0, 0.05) is 18.0 Å². The highest BCUT2D eigenvalue weighted by atomic mass is 35.5. The Morgan fingerprint density at radius 3 is 3.00 bits per heavy atom. The number of oxazole rings is 1. The molecule has 74 valence electrons. The molecule has 1 heterocycles. The molecule has 0 bridgehead atoms. The molecular formula is C10H11ClN2O. The molecule has 0 aliphatic carbocycles. The van der Waals surface area contributed by atoms with Crippen LogP contribution in [0.1, 0.15) is 11.5 Å². The van der Waals surface area contributed by atoms with Gasteiger partial charge in [-0.3, -0.25) is 0 Å². The number of halogens is 1. The second kappa shape index (κ2) is 3.59. The van der Waals surface area contributed by atoms with Gasteiger partial charge in [-0.2, -0.15) is 0 Å². The van der Waals surface area contributed by atoms with E-state index in [4.69, 9.17) is 21.8 Å². The number of nitrogens with zero attached hydrogens (tertiary/aromatic N) is 1. The van der Waals surface area contributed by atoms with Gasteiger partial charge in [0.1, 0.15) is 5.52 Å². The zero-order valence-corrected chi connectivity index (χ0v) is 8.64. The highest BCUT2D eigenvalue weighted by Crippen LogP contribution is 2.24. The average Bonchev–Trinajstić information content (AvgIpc) is 2.45. The van der Waals surface area contributed by atoms with Crippen LogP contribution in [-0.2, 0) is 6.42 Å². The third-order valence-electron chi connectivity index (χ3n) is 2.08. The van der Waals surface area contributed by atoms with E-state index in [1.807, 2.05) is 13.0 Å². The molecule has 2 N–H and O–H groups in total. The summed E-state index contributed by atoms with van der Waals surface area (Å²) in [5.74, 6) is 0.654. The molecule has 0 aliphatic heterocycles. The molecule has 1 aromatic carbocycles. The topological polar surface area (TPSA) is 52.0 Å². The number of fused-ring (bicyclic) bond motifs is 1. The highest BCUT2D eigenvalue weighted by molar-refractivity contribution is 6.32. The molecule has 1 aromatic heterocycles. The summed E-state index contributed by atoms with van der Waals surface area (Å²) in [4.78, 5) is 4.23. The van der Waals surface area contributed by atoms with E-state index in [9.17, 15) is 0 Å². The van der Waals surface area contributed by atoms with E-state index in [1.165, 1.54) is 0 Å². The van der Waals surface area contributed by atoms with Crippen LogP contribution in [0, 0.1) is 6.92 Å². The first-order chi connectivity index (χ1) is 6.70. The predicted octanol–water partition coefficient (Wildman–Crippen LogP) is 2.29. The van der Waals surface area contributed by atoms with Crippen molar-refractivity contribution in [3.05, 3.63) is 28.6 Å². The molecule has 4 heteroatoms. The van der Waals surface area contributed by atoms with E-state index in [-0.39, 0.29) is 0 Å². The zero-order valence-electron chi connectivity index (χ0n) is 7.88. The molecular weight excluding hydrogens is 200 g/mol. The minimum Gasteiger partial charge on any atom is -0.441 e. The van der Waals surface area contributed by atoms with Crippen molar-refractivity contribution in [2.24, 2.45) is 5.73 Å². The van der Waals surface area contributed by atoms with Gasteiger partial charge in [-0.05, 0) is 24.6 Å². The van der Waals surface area contributed by atoms with Crippen LogP contribution in [0.3, 0.4) is 0 Å². The SMILES string of the molecule is Cc1nc2cc(CCN)c(Cl)cc2o1. The predicted molar refractivity (Wildman–Crippen MR) is 56.5 cm³/mol. The lowest BCUT2D eigenvalue weighted by atomic mass is 10.1. The van der Waals surface area contributed by atoms with Gasteiger partial charge in [0.2, 0.25) is 0 Å². The monoisotopic (exact) mass is 210 g/mol. The van der Waals surface area contributed by atoms with Crippen molar-refractivity contribution in [2.75, 3.05) is 6.54 Å². The fraction of sp³-hybridized carbons (Fsp3) is 0.300. The van der Waals surface area contributed by atoms with Crippen molar-refractivity contribution in [2.45, 2.75) is 13.3 Å². The van der Waals surface area contributed by atoms with E-state index >= 15 is 0 Å². The van der Waals surface area contributed by atoms with Crippen molar-refractivity contribution in [1.82, 2.24) is 4.98 Å². The normalized spacial score (nSPS) is 11.1. The second-order valence-electron chi connectivity index (χ2n) is 3.18. The highest BCUT2D eigenvalue weighted by Gasteiger charge is 2.07. The molecule has 0 saturated heterocycles. The van der Waals surface area contributed by atoms with Crippen LogP contribution in [0.5, 0.6) is 0 Å². The van der Waals surface area contributed by atoms with Gasteiger partial charge in [0.25, 0.3) is 0 Å². The standard InChI is InChI=1S/C10H11ClN2O/c1-6-13-9-4-7(2-3-12)8(11)5-10(9)14-6/h4-5H,2-3,12H2,1H3. The summed E-state index contributed by atoms with van der Waals surface area (Å²) in [6.45, 7) is 2.40. The van der Waals surface area contributed by atoms with Crippen LogP contribution in [-0.4, -0.2) is 11.5 Å². The molecule has 0 aliphatic rings. The van der Waals surface area contributed by atoms with Gasteiger partial charge < -0.3 is 10.2 Å². The lowest BCUT2D eigenvalue weighted by Crippen LogP contribution is -2.02. The smallest absolute Gasteiger partial charge is 0.192 e. The van der Waals surface area contributed by atoms with Crippen LogP contribution in [0.2, 0.25) is 5.02 Å². The Balaban J connectivity index is 2.58. The average molecular weight is 211 g/mol. The molecule has 2 aromatic rings. The van der Waals surface area contributed by atoms with Gasteiger partial charge in [-0.1, -0.05) is 11.6 Å². The third-order valence-corrected chi connectivity index (χ3v) is 2.43. The molecule has 0 spiro atoms. The molecule has 3 nitrogen and oxygen atoms in total. The number of rotatable bonds is 2. The minimum absolute atomic E-state index is 0.585. The van der Waals surface area contributed by atoms with Crippen molar-refractivity contribution >= 4 is 22.7 Å². The van der Waals surface area contributed by atoms with Crippen molar-refractivity contribution in [3.8, 4) is 0 Å². The molecule has 0 unspecified atom stereocenters. The molecule has 0 amide bonds. The Kier molecular flexibility index (Phi) is 2.44. The van der Waals surface area contributed by atoms with Crippen molar-refractivity contribution < 1.29 is 4.42 Å². The van der Waals surface area contributed by atoms with Crippen molar-refractivity contribution in [1.29, 1.82) is 0 Å². The summed E-state index contributed by atoms with van der Waals surface area (Å²) in [5.41, 5.74) is 8.07. The van der Waals surface area contributed by atoms with Gasteiger partial charge in [-0.15, -0.1) is 0 Å². The molecule has 0 fully saturated rings. The van der Waals surface area contributed by atoms with Crippen LogP contribution >= 0.6 is 11.6 Å². The number of nitrogens with two attached hydrogens (primary N) is 1. The summed E-state index contributed by atoms with van der Waals surface area (Å²) >= 11 is 6.05. The first kappa shape index (κ1) is 9.49. The maximum atomic E-state index is 6.05. The van der Waals surface area contributed by atoms with Crippen LogP contribution in [0.15, 0.2) is 16.5 Å². The van der Waals surface area contributed by atoms with Gasteiger partial charge in [0.05, 0.1) is 0 Å². The number of hydrogen-bond acceptors (Lipinski definition) is 3. The zero-order chi connectivity index (χ0) is 10.1. The first-order valence-electron chi connectivity index (χ1n) is 4.46. The Morgan fingerprint density at radius 2 is 2.29 bits per heavy atom. The fourth-order valence-corrected chi connectivity index (χ4v) is 1.70. The molecule has 0 atom stereocenters. The Hall–Kier alpha value is -1.06. The lowest BCUT2D eigenvalue weighted by molar-refractivity contribution is 0.561. The van der Waals surface area contributed by atoms with E-state index < -0.39 is 0 Å². The van der Waals surface area contributed by atoms with E-state index in [0.29, 0.717) is 17.5 Å². The fourth-order valence-electron chi connectivity index (χ4n) is 1.45. The quantitative estimate of drug-likeness (QED) is 0.828. The van der Waals surface area contributed by atoms with E-state index in [2.05, 4.69) is 4.98 Å². The second-order valence-corrected chi connectivity index (χ2v) is 3.59. The van der Waals surface area contributed by atoms with Gasteiger partial charge in [-0.25, -0.2) is 4.98 Å². The van der Waals surface area contributed by atoms with Gasteiger partial charge in [0.15, 0.2) is 11.5 Å². The maximum Gasteiger partial charge on any atom is 0.192 e. The summed E-state index contributed by atoms with van der Waals surface area (Å²) in [6.07, 6.45) is 0.765. The number of aryl methyl sites for hydroxylation is 1. The molecule has 2 rings (SSSR count). The Morgan fingerprint density at radius 1 is 1.50 bits per heavy atom.